The summed E-state index contributed by atoms with van der Waals surface area (Å²) in [4.78, 5) is 44.6. The van der Waals surface area contributed by atoms with Crippen LogP contribution < -0.4 is 16.6 Å². The summed E-state index contributed by atoms with van der Waals surface area (Å²) in [6.45, 7) is 0. The molecule has 0 aliphatic heterocycles. The summed E-state index contributed by atoms with van der Waals surface area (Å²) >= 11 is 0. The number of carbonyl (C=O) groups excluding carboxylic acids is 2. The van der Waals surface area contributed by atoms with Gasteiger partial charge in [0, 0.05) is 24.9 Å². The number of hydrogen-bond donors (Lipinski definition) is 3. The van der Waals surface area contributed by atoms with Gasteiger partial charge in [-0.1, -0.05) is 0 Å². The minimum atomic E-state index is -1.42. The third-order valence-electron chi connectivity index (χ3n) is 2.38. The van der Waals surface area contributed by atoms with Gasteiger partial charge in [-0.15, -0.1) is 0 Å². The molecule has 1 aromatic rings. The summed E-state index contributed by atoms with van der Waals surface area (Å²) in [5.74, 6) is -2.99. The molecule has 1 atom stereocenters. The number of primary amides is 1. The molecule has 0 spiro atoms. The standard InChI is InChI=1S/C11H13N3O5/c1-14-3-2-6(4-9(14)16)10(17)13-7(11(18)19)5-8(12)15/h2-4,7H,5H2,1H3,(H2,12,15)(H,13,17)(H,18,19)/t7-/m0/s1. The minimum absolute atomic E-state index is 0.0128. The number of carboxylic acid groups (broad SMARTS) is 1. The van der Waals surface area contributed by atoms with Crippen molar-refractivity contribution in [3.8, 4) is 0 Å². The average Bonchev–Trinajstić information content (AvgIpc) is 2.31. The highest BCUT2D eigenvalue weighted by Crippen LogP contribution is 1.98. The molecule has 2 amide bonds. The van der Waals surface area contributed by atoms with E-state index in [0.717, 1.165) is 6.07 Å². The van der Waals surface area contributed by atoms with Crippen molar-refractivity contribution in [2.24, 2.45) is 12.8 Å². The zero-order valence-corrected chi connectivity index (χ0v) is 10.1. The van der Waals surface area contributed by atoms with E-state index in [1.807, 2.05) is 0 Å². The number of amides is 2. The number of rotatable bonds is 5. The lowest BCUT2D eigenvalue weighted by Gasteiger charge is -2.12. The summed E-state index contributed by atoms with van der Waals surface area (Å²) < 4.78 is 1.26. The summed E-state index contributed by atoms with van der Waals surface area (Å²) in [5.41, 5.74) is 4.49. The molecule has 0 bridgehead atoms. The summed E-state index contributed by atoms with van der Waals surface area (Å²) in [7, 11) is 1.51. The van der Waals surface area contributed by atoms with Gasteiger partial charge in [-0.05, 0) is 6.07 Å². The highest BCUT2D eigenvalue weighted by atomic mass is 16.4. The Hall–Kier alpha value is -2.64. The first-order valence-corrected chi connectivity index (χ1v) is 5.30. The highest BCUT2D eigenvalue weighted by molar-refractivity contribution is 5.97. The van der Waals surface area contributed by atoms with Gasteiger partial charge in [-0.25, -0.2) is 4.79 Å². The van der Waals surface area contributed by atoms with Crippen LogP contribution in [0.3, 0.4) is 0 Å². The number of hydrogen-bond acceptors (Lipinski definition) is 4. The zero-order chi connectivity index (χ0) is 14.6. The van der Waals surface area contributed by atoms with Crippen molar-refractivity contribution >= 4 is 17.8 Å². The summed E-state index contributed by atoms with van der Waals surface area (Å²) in [6, 6.07) is 1.01. The fraction of sp³-hybridized carbons (Fsp3) is 0.273. The monoisotopic (exact) mass is 267 g/mol. The molecule has 19 heavy (non-hydrogen) atoms. The maximum Gasteiger partial charge on any atom is 0.326 e. The van der Waals surface area contributed by atoms with Gasteiger partial charge in [0.25, 0.3) is 11.5 Å². The maximum atomic E-state index is 11.7. The second-order valence-electron chi connectivity index (χ2n) is 3.90. The second-order valence-corrected chi connectivity index (χ2v) is 3.90. The van der Waals surface area contributed by atoms with Crippen LogP contribution in [0, 0.1) is 0 Å². The van der Waals surface area contributed by atoms with Gasteiger partial charge in [0.2, 0.25) is 5.91 Å². The predicted octanol–water partition coefficient (Wildman–Crippen LogP) is -1.56. The summed E-state index contributed by atoms with van der Waals surface area (Å²) in [6.07, 6.45) is 0.854. The van der Waals surface area contributed by atoms with E-state index >= 15 is 0 Å². The normalized spacial score (nSPS) is 11.6. The average molecular weight is 267 g/mol. The Morgan fingerprint density at radius 3 is 2.58 bits per heavy atom. The molecule has 0 fully saturated rings. The first-order valence-electron chi connectivity index (χ1n) is 5.30. The van der Waals surface area contributed by atoms with Crippen molar-refractivity contribution in [2.75, 3.05) is 0 Å². The first kappa shape index (κ1) is 14.4. The van der Waals surface area contributed by atoms with Crippen LogP contribution in [-0.4, -0.2) is 33.5 Å². The van der Waals surface area contributed by atoms with E-state index in [9.17, 15) is 19.2 Å². The van der Waals surface area contributed by atoms with Crippen LogP contribution in [0.5, 0.6) is 0 Å². The van der Waals surface area contributed by atoms with Crippen LogP contribution in [0.2, 0.25) is 0 Å². The van der Waals surface area contributed by atoms with Crippen LogP contribution in [0.4, 0.5) is 0 Å². The number of aromatic nitrogens is 1. The fourth-order valence-electron chi connectivity index (χ4n) is 1.33. The van der Waals surface area contributed by atoms with Gasteiger partial charge in [-0.3, -0.25) is 14.4 Å². The SMILES string of the molecule is Cn1ccc(C(=O)N[C@@H](CC(N)=O)C(=O)O)cc1=O. The Morgan fingerprint density at radius 1 is 1.47 bits per heavy atom. The van der Waals surface area contributed by atoms with Crippen LogP contribution in [0.1, 0.15) is 16.8 Å². The third-order valence-corrected chi connectivity index (χ3v) is 2.38. The number of nitrogens with two attached hydrogens (primary N) is 1. The minimum Gasteiger partial charge on any atom is -0.480 e. The van der Waals surface area contributed by atoms with Gasteiger partial charge in [0.15, 0.2) is 0 Å². The lowest BCUT2D eigenvalue weighted by molar-refractivity contribution is -0.140. The molecule has 0 saturated carbocycles. The Labute approximate surface area is 107 Å². The van der Waals surface area contributed by atoms with Crippen LogP contribution in [0.15, 0.2) is 23.1 Å². The van der Waals surface area contributed by atoms with E-state index < -0.39 is 35.8 Å². The van der Waals surface area contributed by atoms with E-state index in [1.54, 1.807) is 0 Å². The molecule has 1 aromatic heterocycles. The number of nitrogens with one attached hydrogen (secondary N) is 1. The van der Waals surface area contributed by atoms with Gasteiger partial charge in [0.1, 0.15) is 6.04 Å². The van der Waals surface area contributed by atoms with Crippen molar-refractivity contribution in [1.82, 2.24) is 9.88 Å². The van der Waals surface area contributed by atoms with Crippen LogP contribution >= 0.6 is 0 Å². The van der Waals surface area contributed by atoms with Gasteiger partial charge in [0.05, 0.1) is 6.42 Å². The molecule has 1 rings (SSSR count). The number of aliphatic carboxylic acids is 1. The van der Waals surface area contributed by atoms with E-state index in [0.29, 0.717) is 0 Å². The van der Waals surface area contributed by atoms with Crippen molar-refractivity contribution in [2.45, 2.75) is 12.5 Å². The van der Waals surface area contributed by atoms with E-state index in [-0.39, 0.29) is 5.56 Å². The number of carboxylic acids is 1. The molecular formula is C11H13N3O5. The van der Waals surface area contributed by atoms with Crippen molar-refractivity contribution in [3.05, 3.63) is 34.2 Å². The molecule has 0 aromatic carbocycles. The van der Waals surface area contributed by atoms with Crippen molar-refractivity contribution in [3.63, 3.8) is 0 Å². The van der Waals surface area contributed by atoms with Crippen molar-refractivity contribution in [1.29, 1.82) is 0 Å². The van der Waals surface area contributed by atoms with Crippen molar-refractivity contribution < 1.29 is 19.5 Å². The van der Waals surface area contributed by atoms with Crippen LogP contribution in [0.25, 0.3) is 0 Å². The molecule has 4 N–H and O–H groups in total. The maximum absolute atomic E-state index is 11.7. The smallest absolute Gasteiger partial charge is 0.326 e. The van der Waals surface area contributed by atoms with E-state index in [1.165, 1.54) is 23.9 Å². The topological polar surface area (TPSA) is 131 Å². The Morgan fingerprint density at radius 2 is 2.11 bits per heavy atom. The third kappa shape index (κ3) is 3.95. The quantitative estimate of drug-likeness (QED) is 0.594. The van der Waals surface area contributed by atoms with Gasteiger partial charge >= 0.3 is 5.97 Å². The Balaban J connectivity index is 2.87. The molecule has 0 radical (unpaired) electrons. The zero-order valence-electron chi connectivity index (χ0n) is 10.1. The molecular weight excluding hydrogens is 254 g/mol. The molecule has 8 nitrogen and oxygen atoms in total. The number of nitrogens with zero attached hydrogens (tertiary/aromatic N) is 1. The van der Waals surface area contributed by atoms with Crippen LogP contribution in [-0.2, 0) is 16.6 Å². The molecule has 1 heterocycles. The van der Waals surface area contributed by atoms with E-state index in [4.69, 9.17) is 10.8 Å². The Bertz CT molecular complexity index is 578. The first-order chi connectivity index (χ1) is 8.81. The molecule has 0 unspecified atom stereocenters. The number of aryl methyl sites for hydroxylation is 1. The lowest BCUT2D eigenvalue weighted by Crippen LogP contribution is -2.43. The number of pyridine rings is 1. The number of carbonyl (C=O) groups is 3. The lowest BCUT2D eigenvalue weighted by atomic mass is 10.1. The molecule has 8 heteroatoms. The second kappa shape index (κ2) is 5.80. The Kier molecular flexibility index (Phi) is 4.41. The molecule has 0 aliphatic rings. The molecule has 102 valence electrons. The van der Waals surface area contributed by atoms with Gasteiger partial charge in [-0.2, -0.15) is 0 Å². The fourth-order valence-corrected chi connectivity index (χ4v) is 1.33. The largest absolute Gasteiger partial charge is 0.480 e. The summed E-state index contributed by atoms with van der Waals surface area (Å²) in [5, 5.41) is 11.0. The molecule has 0 saturated heterocycles. The van der Waals surface area contributed by atoms with Gasteiger partial charge < -0.3 is 20.7 Å². The van der Waals surface area contributed by atoms with E-state index in [2.05, 4.69) is 5.32 Å². The highest BCUT2D eigenvalue weighted by Gasteiger charge is 2.22. The predicted molar refractivity (Wildman–Crippen MR) is 64.4 cm³/mol. The molecule has 0 aliphatic carbocycles.